The number of ether oxygens (including phenoxy) is 3. The SMILES string of the molecule is CC(C)[C@H](O[Si](c1ccccc1)(c1ccccc1)C(C)(C)C)C(=O)O.COc1ccc(C2(C)CCSC(N)=N2)cc1.COc1ccc(C2(C)CCSC(NC(=O)[C@@H](O)C(C)C)=N2)cc1.COc1ccc(C2(C)CCSC(NC(=O)[C@H](O[Si](c3ccccc3)(c3ccccc3)C(C)(C)C)C(C)C)=N2)cc1. The van der Waals surface area contributed by atoms with Crippen LogP contribution >= 0.6 is 35.3 Å². The van der Waals surface area contributed by atoms with Gasteiger partial charge in [0, 0.05) is 17.3 Å². The molecule has 6 N–H and O–H groups in total. The number of amidine groups is 3. The van der Waals surface area contributed by atoms with Crippen molar-refractivity contribution in [2.24, 2.45) is 38.5 Å². The monoisotopic (exact) mass is 1500 g/mol. The fourth-order valence-electron chi connectivity index (χ4n) is 13.0. The third-order valence-corrected chi connectivity index (χ3v) is 31.8. The first-order valence-electron chi connectivity index (χ1n) is 35.7. The summed E-state index contributed by atoms with van der Waals surface area (Å²) in [6.45, 7) is 31.0. The number of thioether (sulfide) groups is 3. The molecule has 0 saturated carbocycles. The number of nitrogens with two attached hydrogens (primary N) is 1. The number of nitrogens with zero attached hydrogens (tertiary/aromatic N) is 3. The molecule has 0 aromatic heterocycles. The molecule has 16 nitrogen and oxygen atoms in total. The molecule has 7 aromatic carbocycles. The smallest absolute Gasteiger partial charge is 0.331 e. The number of nitrogens with one attached hydrogen (secondary N) is 2. The number of aliphatic hydroxyl groups is 1. The highest BCUT2D eigenvalue weighted by Gasteiger charge is 2.54. The Morgan fingerprint density at radius 2 is 0.731 bits per heavy atom. The fraction of sp³-hybridized carbons (Fsp3) is 0.422. The first-order chi connectivity index (χ1) is 49.2. The second kappa shape index (κ2) is 37.2. The van der Waals surface area contributed by atoms with Crippen LogP contribution in [0.4, 0.5) is 0 Å². The molecular weight excluding hydrogens is 1390 g/mol. The van der Waals surface area contributed by atoms with Gasteiger partial charge < -0.3 is 49.6 Å². The number of aliphatic hydroxyl groups excluding tert-OH is 1. The number of rotatable bonds is 20. The highest BCUT2D eigenvalue weighted by Crippen LogP contribution is 2.42. The molecule has 558 valence electrons. The van der Waals surface area contributed by atoms with E-state index in [1.807, 2.05) is 125 Å². The maximum absolute atomic E-state index is 14.0. The Bertz CT molecular complexity index is 3900. The lowest BCUT2D eigenvalue weighted by Crippen LogP contribution is -2.69. The van der Waals surface area contributed by atoms with Gasteiger partial charge in [-0.15, -0.1) is 0 Å². The second-order valence-corrected chi connectivity index (χ2v) is 41.8. The number of hydrogen-bond donors (Lipinski definition) is 5. The number of carboxylic acids is 1. The molecule has 104 heavy (non-hydrogen) atoms. The number of benzene rings is 7. The van der Waals surface area contributed by atoms with Crippen LogP contribution in [0, 0.1) is 17.8 Å². The molecule has 3 aliphatic rings. The predicted octanol–water partition coefficient (Wildman–Crippen LogP) is 14.7. The van der Waals surface area contributed by atoms with E-state index in [0.29, 0.717) is 15.5 Å². The number of aliphatic imine (C=N–C) groups is 3. The number of hydrogen-bond acceptors (Lipinski definition) is 16. The van der Waals surface area contributed by atoms with Gasteiger partial charge in [-0.25, -0.2) is 4.79 Å². The van der Waals surface area contributed by atoms with Crippen molar-refractivity contribution in [1.29, 1.82) is 0 Å². The van der Waals surface area contributed by atoms with E-state index in [-0.39, 0.29) is 44.8 Å². The summed E-state index contributed by atoms with van der Waals surface area (Å²) in [4.78, 5) is 52.3. The van der Waals surface area contributed by atoms with Crippen molar-refractivity contribution in [3.8, 4) is 17.2 Å². The summed E-state index contributed by atoms with van der Waals surface area (Å²) in [6.07, 6.45) is 0.276. The molecule has 0 aliphatic carbocycles. The summed E-state index contributed by atoms with van der Waals surface area (Å²) in [6, 6.07) is 65.1. The second-order valence-electron chi connectivity index (χ2n) is 30.0. The van der Waals surface area contributed by atoms with Gasteiger partial charge in [-0.2, -0.15) is 0 Å². The number of carbonyl (C=O) groups excluding carboxylic acids is 2. The molecule has 0 saturated heterocycles. The minimum Gasteiger partial charge on any atom is -0.497 e. The average molecular weight is 1500 g/mol. The summed E-state index contributed by atoms with van der Waals surface area (Å²) in [5, 5.41) is 31.5. The van der Waals surface area contributed by atoms with E-state index in [1.54, 1.807) is 44.9 Å². The Balaban J connectivity index is 0.000000205. The minimum absolute atomic E-state index is 0.0381. The quantitative estimate of drug-likeness (QED) is 0.0448. The summed E-state index contributed by atoms with van der Waals surface area (Å²) >= 11 is 4.72. The molecule has 10 rings (SSSR count). The largest absolute Gasteiger partial charge is 0.497 e. The van der Waals surface area contributed by atoms with Crippen molar-refractivity contribution in [1.82, 2.24) is 10.6 Å². The summed E-state index contributed by atoms with van der Waals surface area (Å²) < 4.78 is 29.6. The zero-order valence-corrected chi connectivity index (χ0v) is 68.4. The van der Waals surface area contributed by atoms with E-state index < -0.39 is 52.4 Å². The van der Waals surface area contributed by atoms with Gasteiger partial charge in [0.05, 0.1) is 37.9 Å². The van der Waals surface area contributed by atoms with Crippen LogP contribution in [0.2, 0.25) is 10.1 Å². The lowest BCUT2D eigenvalue weighted by molar-refractivity contribution is -0.147. The van der Waals surface area contributed by atoms with Crippen LogP contribution < -0.4 is 51.3 Å². The van der Waals surface area contributed by atoms with Crippen molar-refractivity contribution in [3.05, 3.63) is 211 Å². The maximum atomic E-state index is 14.0. The van der Waals surface area contributed by atoms with Gasteiger partial charge in [0.1, 0.15) is 35.6 Å². The molecule has 0 spiro atoms. The van der Waals surface area contributed by atoms with Gasteiger partial charge in [0.15, 0.2) is 15.5 Å². The molecule has 3 heterocycles. The van der Waals surface area contributed by atoms with Crippen molar-refractivity contribution in [3.63, 3.8) is 0 Å². The van der Waals surface area contributed by atoms with Crippen molar-refractivity contribution in [2.75, 3.05) is 38.6 Å². The first-order valence-corrected chi connectivity index (χ1v) is 42.4. The molecule has 0 radical (unpaired) electrons. The molecule has 21 heteroatoms. The number of methoxy groups -OCH3 is 3. The molecule has 0 fully saturated rings. The Labute approximate surface area is 633 Å². The van der Waals surface area contributed by atoms with Crippen LogP contribution in [0.25, 0.3) is 0 Å². The summed E-state index contributed by atoms with van der Waals surface area (Å²) in [5.41, 5.74) is 8.17. The van der Waals surface area contributed by atoms with Crippen LogP contribution in [0.1, 0.15) is 140 Å². The van der Waals surface area contributed by atoms with Gasteiger partial charge >= 0.3 is 5.97 Å². The van der Waals surface area contributed by atoms with Crippen LogP contribution in [-0.4, -0.2) is 117 Å². The third kappa shape index (κ3) is 21.0. The fourth-order valence-corrected chi connectivity index (χ4v) is 25.8. The van der Waals surface area contributed by atoms with Gasteiger partial charge in [0.25, 0.3) is 28.4 Å². The highest BCUT2D eigenvalue weighted by atomic mass is 32.2. The number of carboxylic acid groups (broad SMARTS) is 1. The van der Waals surface area contributed by atoms with E-state index in [0.717, 1.165) is 85.6 Å². The molecule has 6 atom stereocenters. The standard InChI is InChI=1S/C33H42N2O3SSi.C21H28O3Si.C17H24N2O3S.C12H16N2OS/c1-24(2)29(30(36)34-31-35-33(6,22-23-39-31)25-18-20-26(37-7)21-19-25)38-40(32(3,4)5,27-14-10-8-11-15-27)28-16-12-9-13-17-28;1-16(2)19(20(22)23)24-25(21(3,4)5,17-12-8-6-9-13-17)18-14-10-7-11-15-18;1-11(2)14(20)15(21)18-16-19-17(3,9-10-23-16)12-5-7-13(22-4)8-6-12;1-12(7-8-16-11(13)14-12)9-3-5-10(15-2)6-4-9/h8-21,24,29H,22-23H2,1-7H3,(H,34,35,36);6-16,19H,1-5H3,(H,22,23);5-8,11,14,20H,9-10H2,1-4H3,(H,18,19,21);3-6H,7-8H2,1-2H3,(H2,13,14)/t29-,33?;19-;14-,17?;/m100./s1. The molecule has 0 bridgehead atoms. The van der Waals surface area contributed by atoms with Crippen molar-refractivity contribution < 1.29 is 47.7 Å². The first kappa shape index (κ1) is 83.8. The lowest BCUT2D eigenvalue weighted by Gasteiger charge is -2.45. The van der Waals surface area contributed by atoms with Gasteiger partial charge in [0.2, 0.25) is 0 Å². The Hall–Kier alpha value is -7.48. The Morgan fingerprint density at radius 3 is 1.00 bits per heavy atom. The van der Waals surface area contributed by atoms with Gasteiger partial charge in [-0.3, -0.25) is 24.6 Å². The Kier molecular flexibility index (Phi) is 30.0. The normalized spacial score (nSPS) is 19.3. The molecule has 3 aliphatic heterocycles. The molecule has 3 unspecified atom stereocenters. The predicted molar refractivity (Wildman–Crippen MR) is 438 cm³/mol. The van der Waals surface area contributed by atoms with Crippen LogP contribution in [0.3, 0.4) is 0 Å². The molecule has 2 amide bonds. The van der Waals surface area contributed by atoms with Crippen molar-refractivity contribution >= 4 is 106 Å². The highest BCUT2D eigenvalue weighted by molar-refractivity contribution is 8.14. The van der Waals surface area contributed by atoms with E-state index >= 15 is 0 Å². The Morgan fingerprint density at radius 1 is 0.442 bits per heavy atom. The van der Waals surface area contributed by atoms with Crippen LogP contribution in [0.15, 0.2) is 209 Å². The summed E-state index contributed by atoms with van der Waals surface area (Å²) in [7, 11) is -0.756. The van der Waals surface area contributed by atoms with E-state index in [1.165, 1.54) is 17.3 Å². The minimum atomic E-state index is -2.91. The zero-order chi connectivity index (χ0) is 76.3. The maximum Gasteiger partial charge on any atom is 0.331 e. The topological polar surface area (TPSA) is 225 Å². The molecule has 7 aromatic rings. The molecular formula is C83H110N6O10S3Si2. The number of amides is 2. The van der Waals surface area contributed by atoms with E-state index in [4.69, 9.17) is 38.8 Å². The van der Waals surface area contributed by atoms with Crippen molar-refractivity contribution in [2.45, 2.75) is 168 Å². The van der Waals surface area contributed by atoms with Crippen LogP contribution in [0.5, 0.6) is 17.2 Å². The number of aliphatic carboxylic acids is 1. The lowest BCUT2D eigenvalue weighted by atomic mass is 9.90. The third-order valence-electron chi connectivity index (χ3n) is 19.2. The van der Waals surface area contributed by atoms with Crippen LogP contribution in [-0.2, 0) is 39.9 Å². The zero-order valence-electron chi connectivity index (χ0n) is 64.0. The number of carbonyl (C=O) groups is 3. The van der Waals surface area contributed by atoms with Gasteiger partial charge in [-0.1, -0.05) is 276 Å². The average Bonchev–Trinajstić information content (AvgIpc) is 0.745. The van der Waals surface area contributed by atoms with E-state index in [9.17, 15) is 24.6 Å². The van der Waals surface area contributed by atoms with Gasteiger partial charge in [-0.05, 0) is 142 Å². The summed E-state index contributed by atoms with van der Waals surface area (Å²) in [5.74, 6) is 3.52. The van der Waals surface area contributed by atoms with E-state index in [2.05, 4.69) is 189 Å².